The molecule has 30 heavy (non-hydrogen) atoms. The minimum absolute atomic E-state index is 0.0363. The Morgan fingerprint density at radius 2 is 1.97 bits per heavy atom. The molecule has 6 heteroatoms. The zero-order valence-corrected chi connectivity index (χ0v) is 17.3. The number of imidazole rings is 1. The summed E-state index contributed by atoms with van der Waals surface area (Å²) in [7, 11) is 0. The molecule has 0 unspecified atom stereocenters. The van der Waals surface area contributed by atoms with Crippen LogP contribution in [0.25, 0.3) is 5.65 Å². The summed E-state index contributed by atoms with van der Waals surface area (Å²) >= 11 is 0. The van der Waals surface area contributed by atoms with Crippen molar-refractivity contribution in [2.45, 2.75) is 38.5 Å². The molecule has 1 aromatic carbocycles. The average molecular weight is 402 g/mol. The number of nitriles is 1. The van der Waals surface area contributed by atoms with E-state index >= 15 is 0 Å². The summed E-state index contributed by atoms with van der Waals surface area (Å²) < 4.78 is 2.14. The van der Waals surface area contributed by atoms with Crippen LogP contribution in [-0.2, 0) is 0 Å². The molecule has 0 spiro atoms. The molecule has 1 saturated heterocycles. The Morgan fingerprint density at radius 3 is 2.67 bits per heavy atom. The monoisotopic (exact) mass is 401 g/mol. The van der Waals surface area contributed by atoms with Gasteiger partial charge in [-0.3, -0.25) is 9.20 Å². The van der Waals surface area contributed by atoms with Gasteiger partial charge in [-0.25, -0.2) is 4.98 Å². The molecule has 4 rings (SSSR count). The predicted octanol–water partition coefficient (Wildman–Crippen LogP) is 4.44. The number of nitrogens with zero attached hydrogens (tertiary/aromatic N) is 4. The zero-order valence-electron chi connectivity index (χ0n) is 17.3. The highest BCUT2D eigenvalue weighted by Gasteiger charge is 2.28. The number of carbonyl (C=O) groups is 1. The Kier molecular flexibility index (Phi) is 5.99. The lowest BCUT2D eigenvalue weighted by molar-refractivity contribution is 0.0712. The fourth-order valence-electron chi connectivity index (χ4n) is 4.08. The Morgan fingerprint density at radius 1 is 1.20 bits per heavy atom. The number of rotatable bonds is 6. The Hall–Kier alpha value is -3.33. The number of hydrogen-bond acceptors (Lipinski definition) is 4. The van der Waals surface area contributed by atoms with Crippen LogP contribution in [0.1, 0.15) is 60.1 Å². The van der Waals surface area contributed by atoms with Crippen molar-refractivity contribution in [2.75, 3.05) is 25.0 Å². The van der Waals surface area contributed by atoms with Gasteiger partial charge < -0.3 is 10.2 Å². The molecule has 0 aliphatic carbocycles. The van der Waals surface area contributed by atoms with Crippen LogP contribution in [0.4, 0.5) is 5.82 Å². The molecule has 1 N–H and O–H groups in total. The van der Waals surface area contributed by atoms with Crippen molar-refractivity contribution in [1.82, 2.24) is 14.3 Å². The summed E-state index contributed by atoms with van der Waals surface area (Å²) in [6.45, 7) is 4.55. The third-order valence-corrected chi connectivity index (χ3v) is 5.81. The van der Waals surface area contributed by atoms with Gasteiger partial charge in [0.1, 0.15) is 11.5 Å². The lowest BCUT2D eigenvalue weighted by Crippen LogP contribution is -2.38. The standard InChI is InChI=1S/C24H27N5O/c1-2-3-13-26-23-22(27-21-6-4-5-14-29(21)23)19-11-15-28(16-12-19)24(30)20-9-7-18(17-25)8-10-20/h4-10,14,19,26H,2-3,11-13,15-16H2,1H3. The highest BCUT2D eigenvalue weighted by molar-refractivity contribution is 5.94. The number of fused-ring (bicyclic) bond motifs is 1. The van der Waals surface area contributed by atoms with Crippen molar-refractivity contribution in [1.29, 1.82) is 5.26 Å². The van der Waals surface area contributed by atoms with Gasteiger partial charge in [0.2, 0.25) is 0 Å². The van der Waals surface area contributed by atoms with Crippen molar-refractivity contribution in [3.05, 3.63) is 65.5 Å². The van der Waals surface area contributed by atoms with Crippen molar-refractivity contribution in [2.24, 2.45) is 0 Å². The molecule has 0 saturated carbocycles. The highest BCUT2D eigenvalue weighted by atomic mass is 16.2. The number of carbonyl (C=O) groups excluding carboxylic acids is 1. The number of aromatic nitrogens is 2. The van der Waals surface area contributed by atoms with E-state index in [2.05, 4.69) is 28.9 Å². The summed E-state index contributed by atoms with van der Waals surface area (Å²) in [5.74, 6) is 1.46. The van der Waals surface area contributed by atoms with Crippen LogP contribution in [-0.4, -0.2) is 39.8 Å². The highest BCUT2D eigenvalue weighted by Crippen LogP contribution is 2.33. The number of pyridine rings is 1. The van der Waals surface area contributed by atoms with E-state index < -0.39 is 0 Å². The predicted molar refractivity (Wildman–Crippen MR) is 118 cm³/mol. The molecule has 1 aliphatic rings. The third-order valence-electron chi connectivity index (χ3n) is 5.81. The first-order valence-corrected chi connectivity index (χ1v) is 10.7. The van der Waals surface area contributed by atoms with E-state index in [9.17, 15) is 4.79 Å². The first kappa shape index (κ1) is 20.0. The van der Waals surface area contributed by atoms with E-state index in [1.807, 2.05) is 23.1 Å². The topological polar surface area (TPSA) is 73.4 Å². The number of likely N-dealkylation sites (tertiary alicyclic amines) is 1. The lowest BCUT2D eigenvalue weighted by atomic mass is 9.93. The van der Waals surface area contributed by atoms with E-state index in [1.54, 1.807) is 24.3 Å². The van der Waals surface area contributed by atoms with Crippen LogP contribution in [0.3, 0.4) is 0 Å². The maximum atomic E-state index is 12.8. The Balaban J connectivity index is 1.48. The molecule has 0 bridgehead atoms. The number of piperidine rings is 1. The maximum Gasteiger partial charge on any atom is 0.253 e. The summed E-state index contributed by atoms with van der Waals surface area (Å²) in [5, 5.41) is 12.5. The van der Waals surface area contributed by atoms with Gasteiger partial charge in [-0.1, -0.05) is 19.4 Å². The fourth-order valence-corrected chi connectivity index (χ4v) is 4.08. The molecule has 154 valence electrons. The molecule has 0 atom stereocenters. The molecule has 3 aromatic rings. The summed E-state index contributed by atoms with van der Waals surface area (Å²) in [5.41, 5.74) is 3.28. The number of amides is 1. The minimum atomic E-state index is 0.0363. The van der Waals surface area contributed by atoms with E-state index in [0.29, 0.717) is 30.1 Å². The summed E-state index contributed by atoms with van der Waals surface area (Å²) in [6.07, 6.45) is 6.12. The number of anilines is 1. The molecular weight excluding hydrogens is 374 g/mol. The van der Waals surface area contributed by atoms with Crippen LogP contribution in [0.15, 0.2) is 48.7 Å². The van der Waals surface area contributed by atoms with Crippen LogP contribution < -0.4 is 5.32 Å². The number of benzene rings is 1. The molecule has 0 radical (unpaired) electrons. The van der Waals surface area contributed by atoms with Crippen molar-refractivity contribution < 1.29 is 4.79 Å². The molecule has 6 nitrogen and oxygen atoms in total. The van der Waals surface area contributed by atoms with Gasteiger partial charge in [-0.15, -0.1) is 0 Å². The molecule has 1 aliphatic heterocycles. The van der Waals surface area contributed by atoms with Gasteiger partial charge in [-0.2, -0.15) is 5.26 Å². The first-order chi connectivity index (χ1) is 14.7. The number of unbranched alkanes of at least 4 members (excludes halogenated alkanes) is 1. The van der Waals surface area contributed by atoms with Crippen LogP contribution in [0.5, 0.6) is 0 Å². The maximum absolute atomic E-state index is 12.8. The SMILES string of the molecule is CCCCNc1c(C2CCN(C(=O)c3ccc(C#N)cc3)CC2)nc2ccccn12. The number of nitrogens with one attached hydrogen (secondary N) is 1. The molecule has 1 amide bonds. The molecule has 1 fully saturated rings. The summed E-state index contributed by atoms with van der Waals surface area (Å²) in [4.78, 5) is 19.7. The van der Waals surface area contributed by atoms with Gasteiger partial charge in [0.25, 0.3) is 5.91 Å². The smallest absolute Gasteiger partial charge is 0.253 e. The van der Waals surface area contributed by atoms with Crippen molar-refractivity contribution in [3.63, 3.8) is 0 Å². The van der Waals surface area contributed by atoms with E-state index in [0.717, 1.165) is 49.4 Å². The second-order valence-corrected chi connectivity index (χ2v) is 7.81. The van der Waals surface area contributed by atoms with Crippen molar-refractivity contribution >= 4 is 17.4 Å². The fraction of sp³-hybridized carbons (Fsp3) is 0.375. The second-order valence-electron chi connectivity index (χ2n) is 7.81. The van der Waals surface area contributed by atoms with Gasteiger partial charge >= 0.3 is 0 Å². The quantitative estimate of drug-likeness (QED) is 0.620. The average Bonchev–Trinajstić information content (AvgIpc) is 3.17. The largest absolute Gasteiger partial charge is 0.370 e. The molecular formula is C24H27N5O. The van der Waals surface area contributed by atoms with E-state index in [1.165, 1.54) is 0 Å². The second kappa shape index (κ2) is 9.00. The van der Waals surface area contributed by atoms with Gasteiger partial charge in [0.15, 0.2) is 0 Å². The van der Waals surface area contributed by atoms with Crippen LogP contribution in [0, 0.1) is 11.3 Å². The molecule has 3 heterocycles. The van der Waals surface area contributed by atoms with E-state index in [4.69, 9.17) is 10.2 Å². The Labute approximate surface area is 177 Å². The van der Waals surface area contributed by atoms with Gasteiger partial charge in [0, 0.05) is 37.3 Å². The first-order valence-electron chi connectivity index (χ1n) is 10.7. The van der Waals surface area contributed by atoms with Crippen LogP contribution in [0.2, 0.25) is 0 Å². The van der Waals surface area contributed by atoms with Crippen molar-refractivity contribution in [3.8, 4) is 6.07 Å². The van der Waals surface area contributed by atoms with Gasteiger partial charge in [-0.05, 0) is 55.7 Å². The number of hydrogen-bond donors (Lipinski definition) is 1. The minimum Gasteiger partial charge on any atom is -0.370 e. The third kappa shape index (κ3) is 4.02. The Bertz CT molecular complexity index is 1060. The van der Waals surface area contributed by atoms with Gasteiger partial charge in [0.05, 0.1) is 17.3 Å². The summed E-state index contributed by atoms with van der Waals surface area (Å²) in [6, 6.07) is 15.1. The van der Waals surface area contributed by atoms with E-state index in [-0.39, 0.29) is 5.91 Å². The zero-order chi connectivity index (χ0) is 20.9. The van der Waals surface area contributed by atoms with Crippen LogP contribution >= 0.6 is 0 Å². The molecule has 2 aromatic heterocycles. The lowest BCUT2D eigenvalue weighted by Gasteiger charge is -2.32. The normalized spacial score (nSPS) is 14.6.